The molecule has 2 rings (SSSR count). The van der Waals surface area contributed by atoms with Gasteiger partial charge in [-0.3, -0.25) is 0 Å². The van der Waals surface area contributed by atoms with Crippen molar-refractivity contribution < 1.29 is 24.8 Å². The van der Waals surface area contributed by atoms with Crippen molar-refractivity contribution in [1.82, 2.24) is 0 Å². The van der Waals surface area contributed by atoms with Gasteiger partial charge in [0.25, 0.3) is 0 Å². The Morgan fingerprint density at radius 3 is 2.50 bits per heavy atom. The summed E-state index contributed by atoms with van der Waals surface area (Å²) in [4.78, 5) is 0. The Kier molecular flexibility index (Phi) is 6.20. The molecule has 22 heavy (non-hydrogen) atoms. The first-order valence-corrected chi connectivity index (χ1v) is 7.86. The van der Waals surface area contributed by atoms with Crippen molar-refractivity contribution in [2.45, 2.75) is 51.1 Å². The van der Waals surface area contributed by atoms with Gasteiger partial charge in [0.15, 0.2) is 0 Å². The van der Waals surface area contributed by atoms with Crippen LogP contribution in [0.3, 0.4) is 0 Å². The number of benzene rings is 1. The van der Waals surface area contributed by atoms with Gasteiger partial charge in [-0.05, 0) is 30.0 Å². The molecule has 1 aliphatic rings. The van der Waals surface area contributed by atoms with Crippen LogP contribution in [0, 0.1) is 5.92 Å². The van der Waals surface area contributed by atoms with Crippen molar-refractivity contribution in [3.63, 3.8) is 0 Å². The molecule has 0 radical (unpaired) electrons. The summed E-state index contributed by atoms with van der Waals surface area (Å²) >= 11 is 0. The molecule has 1 saturated heterocycles. The quantitative estimate of drug-likeness (QED) is 0.744. The first-order chi connectivity index (χ1) is 10.5. The summed E-state index contributed by atoms with van der Waals surface area (Å²) in [5.41, 5.74) is 0.765. The minimum atomic E-state index is -0.990. The van der Waals surface area contributed by atoms with Gasteiger partial charge in [-0.25, -0.2) is 0 Å². The molecule has 4 atom stereocenters. The largest absolute Gasteiger partial charge is 0.494 e. The normalized spacial score (nSPS) is 28.8. The Bertz CT molecular complexity index is 445. The average molecular weight is 310 g/mol. The zero-order chi connectivity index (χ0) is 16.1. The summed E-state index contributed by atoms with van der Waals surface area (Å²) in [6.07, 6.45) is -1.73. The Morgan fingerprint density at radius 2 is 1.91 bits per heavy atom. The monoisotopic (exact) mass is 310 g/mol. The predicted molar refractivity (Wildman–Crippen MR) is 82.7 cm³/mol. The molecule has 124 valence electrons. The van der Waals surface area contributed by atoms with E-state index in [0.29, 0.717) is 12.5 Å². The number of hydrogen-bond donors (Lipinski definition) is 3. The second-order valence-corrected chi connectivity index (χ2v) is 6.25. The first-order valence-electron chi connectivity index (χ1n) is 7.86. The number of hydrogen-bond acceptors (Lipinski definition) is 5. The standard InChI is InChI=1S/C17H26O5/c1-11(2)7-8-21-13-5-3-12(4-6-13)17-16(20)15(19)9-14(10-18)22-17/h3-6,11,14-20H,7-10H2,1-2H3/t14-,15-,16-,17?/m0/s1. The molecule has 5 heteroatoms. The van der Waals surface area contributed by atoms with E-state index in [1.165, 1.54) is 0 Å². The molecule has 1 aromatic rings. The third-order valence-corrected chi connectivity index (χ3v) is 3.92. The Balaban J connectivity index is 1.99. The summed E-state index contributed by atoms with van der Waals surface area (Å²) in [5.74, 6) is 1.37. The maximum atomic E-state index is 10.1. The summed E-state index contributed by atoms with van der Waals surface area (Å²) in [6.45, 7) is 4.80. The molecule has 0 amide bonds. The fourth-order valence-corrected chi connectivity index (χ4v) is 2.51. The zero-order valence-electron chi connectivity index (χ0n) is 13.2. The van der Waals surface area contributed by atoms with Crippen molar-refractivity contribution in [2.24, 2.45) is 5.92 Å². The number of aliphatic hydroxyl groups is 3. The van der Waals surface area contributed by atoms with Gasteiger partial charge in [0.2, 0.25) is 0 Å². The molecule has 0 spiro atoms. The molecule has 3 N–H and O–H groups in total. The molecule has 1 fully saturated rings. The van der Waals surface area contributed by atoms with Gasteiger partial charge in [-0.2, -0.15) is 0 Å². The van der Waals surface area contributed by atoms with Gasteiger partial charge in [-0.1, -0.05) is 26.0 Å². The molecule has 1 aliphatic heterocycles. The van der Waals surface area contributed by atoms with Gasteiger partial charge in [0, 0.05) is 6.42 Å². The molecule has 0 aromatic heterocycles. The van der Waals surface area contributed by atoms with Crippen molar-refractivity contribution in [2.75, 3.05) is 13.2 Å². The van der Waals surface area contributed by atoms with Crippen LogP contribution in [0.25, 0.3) is 0 Å². The van der Waals surface area contributed by atoms with Crippen LogP contribution in [0.15, 0.2) is 24.3 Å². The highest BCUT2D eigenvalue weighted by Crippen LogP contribution is 2.32. The zero-order valence-corrected chi connectivity index (χ0v) is 13.2. The van der Waals surface area contributed by atoms with Gasteiger partial charge in [-0.15, -0.1) is 0 Å². The lowest BCUT2D eigenvalue weighted by molar-refractivity contribution is -0.179. The highest BCUT2D eigenvalue weighted by Gasteiger charge is 2.37. The SMILES string of the molecule is CC(C)CCOc1ccc(C2O[C@H](CO)C[C@H](O)[C@@H]2O)cc1. The molecule has 5 nitrogen and oxygen atoms in total. The first kappa shape index (κ1) is 17.2. The van der Waals surface area contributed by atoms with E-state index in [2.05, 4.69) is 13.8 Å². The lowest BCUT2D eigenvalue weighted by atomic mass is 9.93. The topological polar surface area (TPSA) is 79.2 Å². The average Bonchev–Trinajstić information content (AvgIpc) is 2.50. The van der Waals surface area contributed by atoms with E-state index in [4.69, 9.17) is 9.47 Å². The molecule has 1 aromatic carbocycles. The van der Waals surface area contributed by atoms with E-state index in [9.17, 15) is 15.3 Å². The van der Waals surface area contributed by atoms with E-state index in [-0.39, 0.29) is 13.0 Å². The third-order valence-electron chi connectivity index (χ3n) is 3.92. The van der Waals surface area contributed by atoms with Crippen molar-refractivity contribution >= 4 is 0 Å². The molecule has 1 heterocycles. The maximum Gasteiger partial charge on any atom is 0.119 e. The molecule has 0 saturated carbocycles. The minimum absolute atomic E-state index is 0.170. The van der Waals surface area contributed by atoms with E-state index in [0.717, 1.165) is 17.7 Å². The molecule has 0 bridgehead atoms. The van der Waals surface area contributed by atoms with Crippen LogP contribution in [0.2, 0.25) is 0 Å². The van der Waals surface area contributed by atoms with Gasteiger partial charge >= 0.3 is 0 Å². The summed E-state index contributed by atoms with van der Waals surface area (Å²) in [6, 6.07) is 7.32. The van der Waals surface area contributed by atoms with Gasteiger partial charge < -0.3 is 24.8 Å². The Labute approximate surface area is 131 Å². The predicted octanol–water partition coefficient (Wildman–Crippen LogP) is 1.66. The second-order valence-electron chi connectivity index (χ2n) is 6.25. The van der Waals surface area contributed by atoms with Crippen LogP contribution in [0.4, 0.5) is 0 Å². The van der Waals surface area contributed by atoms with Crippen LogP contribution in [0.1, 0.15) is 38.4 Å². The van der Waals surface area contributed by atoms with E-state index < -0.39 is 24.4 Å². The van der Waals surface area contributed by atoms with E-state index in [1.807, 2.05) is 24.3 Å². The molecule has 0 aliphatic carbocycles. The summed E-state index contributed by atoms with van der Waals surface area (Å²) in [5, 5.41) is 29.2. The van der Waals surface area contributed by atoms with Crippen LogP contribution in [-0.2, 0) is 4.74 Å². The smallest absolute Gasteiger partial charge is 0.119 e. The summed E-state index contributed by atoms with van der Waals surface area (Å²) in [7, 11) is 0. The highest BCUT2D eigenvalue weighted by atomic mass is 16.5. The molecular weight excluding hydrogens is 284 g/mol. The van der Waals surface area contributed by atoms with Crippen LogP contribution in [-0.4, -0.2) is 46.8 Å². The van der Waals surface area contributed by atoms with E-state index in [1.54, 1.807) is 0 Å². The lowest BCUT2D eigenvalue weighted by Crippen LogP contribution is -2.44. The fraction of sp³-hybridized carbons (Fsp3) is 0.647. The number of ether oxygens (including phenoxy) is 2. The fourth-order valence-electron chi connectivity index (χ4n) is 2.51. The van der Waals surface area contributed by atoms with Gasteiger partial charge in [0.05, 0.1) is 25.4 Å². The molecular formula is C17H26O5. The Hall–Kier alpha value is -1.14. The second kappa shape index (κ2) is 7.92. The van der Waals surface area contributed by atoms with Gasteiger partial charge in [0.1, 0.15) is 18.0 Å². The summed E-state index contributed by atoms with van der Waals surface area (Å²) < 4.78 is 11.3. The van der Waals surface area contributed by atoms with Crippen molar-refractivity contribution in [3.05, 3.63) is 29.8 Å². The lowest BCUT2D eigenvalue weighted by Gasteiger charge is -2.36. The van der Waals surface area contributed by atoms with E-state index >= 15 is 0 Å². The van der Waals surface area contributed by atoms with Crippen molar-refractivity contribution in [3.8, 4) is 5.75 Å². The number of rotatable bonds is 6. The Morgan fingerprint density at radius 1 is 1.23 bits per heavy atom. The van der Waals surface area contributed by atoms with Crippen LogP contribution < -0.4 is 4.74 Å². The third kappa shape index (κ3) is 4.43. The minimum Gasteiger partial charge on any atom is -0.494 e. The van der Waals surface area contributed by atoms with Crippen LogP contribution in [0.5, 0.6) is 5.75 Å². The van der Waals surface area contributed by atoms with Crippen molar-refractivity contribution in [1.29, 1.82) is 0 Å². The maximum absolute atomic E-state index is 10.1. The number of aliphatic hydroxyl groups excluding tert-OH is 3. The highest BCUT2D eigenvalue weighted by molar-refractivity contribution is 5.29. The molecule has 1 unspecified atom stereocenters. The van der Waals surface area contributed by atoms with Crippen LogP contribution >= 0.6 is 0 Å².